The molecule has 2 aromatic heterocycles. The average molecular weight is 373 g/mol. The zero-order valence-electron chi connectivity index (χ0n) is 11.4. The molecule has 0 aliphatic heterocycles. The number of nitrogens with one attached hydrogen (secondary N) is 1. The first kappa shape index (κ1) is 14.2. The predicted molar refractivity (Wildman–Crippen MR) is 81.1 cm³/mol. The van der Waals surface area contributed by atoms with E-state index >= 15 is 0 Å². The third-order valence-electron chi connectivity index (χ3n) is 2.80. The molecule has 0 unspecified atom stereocenters. The van der Waals surface area contributed by atoms with Crippen LogP contribution in [0.2, 0.25) is 0 Å². The fourth-order valence-corrected chi connectivity index (χ4v) is 2.44. The van der Waals surface area contributed by atoms with Crippen LogP contribution in [-0.4, -0.2) is 15.1 Å². The third kappa shape index (κ3) is 2.88. The standard InChI is InChI=1S/C13H16IN3O2/c1-6(2)5-9-11(14)13(18)16-12(15-9)10-7(3)17-19-8(10)4/h6H,5H2,1-4H3,(H,15,16,18). The maximum absolute atomic E-state index is 12.0. The van der Waals surface area contributed by atoms with E-state index in [0.29, 0.717) is 21.1 Å². The summed E-state index contributed by atoms with van der Waals surface area (Å²) in [5.41, 5.74) is 2.23. The Labute approximate surface area is 125 Å². The first-order chi connectivity index (χ1) is 8.90. The number of nitrogens with zero attached hydrogens (tertiary/aromatic N) is 2. The molecular weight excluding hydrogens is 357 g/mol. The quantitative estimate of drug-likeness (QED) is 0.840. The van der Waals surface area contributed by atoms with Gasteiger partial charge in [-0.2, -0.15) is 0 Å². The van der Waals surface area contributed by atoms with Crippen molar-refractivity contribution in [3.05, 3.63) is 31.1 Å². The van der Waals surface area contributed by atoms with Crippen LogP contribution < -0.4 is 5.56 Å². The summed E-state index contributed by atoms with van der Waals surface area (Å²) in [7, 11) is 0. The van der Waals surface area contributed by atoms with E-state index in [9.17, 15) is 4.79 Å². The highest BCUT2D eigenvalue weighted by atomic mass is 127. The first-order valence-electron chi connectivity index (χ1n) is 6.12. The van der Waals surface area contributed by atoms with Gasteiger partial charge in [0.2, 0.25) is 0 Å². The van der Waals surface area contributed by atoms with Gasteiger partial charge in [0.1, 0.15) is 11.6 Å². The Morgan fingerprint density at radius 2 is 2.05 bits per heavy atom. The highest BCUT2D eigenvalue weighted by Crippen LogP contribution is 2.24. The van der Waals surface area contributed by atoms with Crippen LogP contribution >= 0.6 is 22.6 Å². The highest BCUT2D eigenvalue weighted by Gasteiger charge is 2.17. The van der Waals surface area contributed by atoms with Crippen molar-refractivity contribution in [2.75, 3.05) is 0 Å². The number of hydrogen-bond acceptors (Lipinski definition) is 4. The smallest absolute Gasteiger partial charge is 0.264 e. The van der Waals surface area contributed by atoms with E-state index in [2.05, 4.69) is 29.0 Å². The number of halogens is 1. The lowest BCUT2D eigenvalue weighted by molar-refractivity contribution is 0.393. The second-order valence-corrected chi connectivity index (χ2v) is 6.05. The van der Waals surface area contributed by atoms with Gasteiger partial charge in [0, 0.05) is 0 Å². The van der Waals surface area contributed by atoms with Gasteiger partial charge < -0.3 is 9.51 Å². The van der Waals surface area contributed by atoms with Crippen molar-refractivity contribution in [2.24, 2.45) is 5.92 Å². The van der Waals surface area contributed by atoms with Crippen LogP contribution in [0.3, 0.4) is 0 Å². The molecule has 2 rings (SSSR count). The summed E-state index contributed by atoms with van der Waals surface area (Å²) < 4.78 is 5.78. The van der Waals surface area contributed by atoms with E-state index < -0.39 is 0 Å². The van der Waals surface area contributed by atoms with Crippen LogP contribution in [0.4, 0.5) is 0 Å². The predicted octanol–water partition coefficient (Wildman–Crippen LogP) is 2.84. The number of rotatable bonds is 3. The fourth-order valence-electron chi connectivity index (χ4n) is 1.97. The lowest BCUT2D eigenvalue weighted by Crippen LogP contribution is -2.17. The Hall–Kier alpha value is -1.18. The van der Waals surface area contributed by atoms with Crippen molar-refractivity contribution >= 4 is 22.6 Å². The van der Waals surface area contributed by atoms with Crippen LogP contribution in [0.1, 0.15) is 31.0 Å². The van der Waals surface area contributed by atoms with Crippen molar-refractivity contribution < 1.29 is 4.52 Å². The molecule has 2 aromatic rings. The van der Waals surface area contributed by atoms with E-state index in [1.54, 1.807) is 0 Å². The Balaban J connectivity index is 2.60. The number of hydrogen-bond donors (Lipinski definition) is 1. The molecule has 2 heterocycles. The normalized spacial score (nSPS) is 11.3. The molecule has 1 N–H and O–H groups in total. The molecular formula is C13H16IN3O2. The van der Waals surface area contributed by atoms with Gasteiger partial charge in [0.05, 0.1) is 20.5 Å². The van der Waals surface area contributed by atoms with Gasteiger partial charge >= 0.3 is 0 Å². The summed E-state index contributed by atoms with van der Waals surface area (Å²) in [5.74, 6) is 1.65. The van der Waals surface area contributed by atoms with Gasteiger partial charge in [0.15, 0.2) is 0 Å². The minimum Gasteiger partial charge on any atom is -0.361 e. The molecule has 0 aliphatic carbocycles. The average Bonchev–Trinajstić information content (AvgIpc) is 2.64. The zero-order valence-corrected chi connectivity index (χ0v) is 13.5. The summed E-state index contributed by atoms with van der Waals surface area (Å²) in [6.07, 6.45) is 0.776. The van der Waals surface area contributed by atoms with Gasteiger partial charge in [-0.25, -0.2) is 4.98 Å². The van der Waals surface area contributed by atoms with E-state index in [1.165, 1.54) is 0 Å². The molecule has 0 bridgehead atoms. The summed E-state index contributed by atoms with van der Waals surface area (Å²) in [6.45, 7) is 7.87. The molecule has 0 spiro atoms. The largest absolute Gasteiger partial charge is 0.361 e. The van der Waals surface area contributed by atoms with Crippen LogP contribution in [-0.2, 0) is 6.42 Å². The molecule has 0 amide bonds. The summed E-state index contributed by atoms with van der Waals surface area (Å²) in [5, 5.41) is 3.90. The van der Waals surface area contributed by atoms with Crippen molar-refractivity contribution in [1.82, 2.24) is 15.1 Å². The Kier molecular flexibility index (Phi) is 4.07. The SMILES string of the molecule is Cc1noc(C)c1-c1nc(CC(C)C)c(I)c(=O)[nH]1. The number of aromatic nitrogens is 3. The Bertz CT molecular complexity index is 639. The molecule has 0 aromatic carbocycles. The molecule has 102 valence electrons. The molecule has 0 radical (unpaired) electrons. The van der Waals surface area contributed by atoms with E-state index in [-0.39, 0.29) is 5.56 Å². The summed E-state index contributed by atoms with van der Waals surface area (Å²) in [4.78, 5) is 19.4. The summed E-state index contributed by atoms with van der Waals surface area (Å²) >= 11 is 2.04. The maximum Gasteiger partial charge on any atom is 0.264 e. The summed E-state index contributed by atoms with van der Waals surface area (Å²) in [6, 6.07) is 0. The van der Waals surface area contributed by atoms with Crippen molar-refractivity contribution in [2.45, 2.75) is 34.1 Å². The minimum atomic E-state index is -0.110. The van der Waals surface area contributed by atoms with Crippen molar-refractivity contribution in [3.8, 4) is 11.4 Å². The molecule has 0 fully saturated rings. The molecule has 19 heavy (non-hydrogen) atoms. The molecule has 0 aliphatic rings. The van der Waals surface area contributed by atoms with E-state index in [0.717, 1.165) is 23.4 Å². The fraction of sp³-hybridized carbons (Fsp3) is 0.462. The molecule has 5 nitrogen and oxygen atoms in total. The van der Waals surface area contributed by atoms with Crippen LogP contribution in [0.5, 0.6) is 0 Å². The maximum atomic E-state index is 12.0. The zero-order chi connectivity index (χ0) is 14.2. The topological polar surface area (TPSA) is 71.8 Å². The van der Waals surface area contributed by atoms with Crippen molar-refractivity contribution in [1.29, 1.82) is 0 Å². The number of aryl methyl sites for hydroxylation is 2. The Morgan fingerprint density at radius 1 is 1.37 bits per heavy atom. The van der Waals surface area contributed by atoms with Gasteiger partial charge in [-0.3, -0.25) is 4.79 Å². The Morgan fingerprint density at radius 3 is 2.58 bits per heavy atom. The van der Waals surface area contributed by atoms with Gasteiger partial charge in [0.25, 0.3) is 5.56 Å². The number of H-pyrrole nitrogens is 1. The molecule has 0 atom stereocenters. The second-order valence-electron chi connectivity index (χ2n) is 4.97. The van der Waals surface area contributed by atoms with E-state index in [4.69, 9.17) is 4.52 Å². The molecule has 0 saturated carbocycles. The van der Waals surface area contributed by atoms with Gasteiger partial charge in [-0.05, 0) is 48.8 Å². The lowest BCUT2D eigenvalue weighted by atomic mass is 10.1. The van der Waals surface area contributed by atoms with Gasteiger partial charge in [-0.15, -0.1) is 0 Å². The third-order valence-corrected chi connectivity index (χ3v) is 3.92. The number of aromatic amines is 1. The first-order valence-corrected chi connectivity index (χ1v) is 7.20. The highest BCUT2D eigenvalue weighted by molar-refractivity contribution is 14.1. The van der Waals surface area contributed by atoms with Crippen molar-refractivity contribution in [3.63, 3.8) is 0 Å². The monoisotopic (exact) mass is 373 g/mol. The minimum absolute atomic E-state index is 0.110. The molecule has 0 saturated heterocycles. The second kappa shape index (κ2) is 5.44. The van der Waals surface area contributed by atoms with Gasteiger partial charge in [-0.1, -0.05) is 19.0 Å². The molecule has 6 heteroatoms. The lowest BCUT2D eigenvalue weighted by Gasteiger charge is -2.08. The van der Waals surface area contributed by atoms with Crippen LogP contribution in [0.15, 0.2) is 9.32 Å². The van der Waals surface area contributed by atoms with Crippen LogP contribution in [0.25, 0.3) is 11.4 Å². The van der Waals surface area contributed by atoms with Crippen LogP contribution in [0, 0.1) is 23.3 Å². The van der Waals surface area contributed by atoms with E-state index in [1.807, 2.05) is 36.4 Å².